The van der Waals surface area contributed by atoms with E-state index in [0.29, 0.717) is 5.96 Å². The number of hydrogen-bond acceptors (Lipinski definition) is 4. The van der Waals surface area contributed by atoms with E-state index in [4.69, 9.17) is 0 Å². The van der Waals surface area contributed by atoms with Crippen LogP contribution >= 0.6 is 0 Å². The quantitative estimate of drug-likeness (QED) is 0.336. The Labute approximate surface area is 153 Å². The summed E-state index contributed by atoms with van der Waals surface area (Å²) in [5.41, 5.74) is -0.221. The number of aliphatic imine (C=N–C) groups is 1. The predicted molar refractivity (Wildman–Crippen MR) is 105 cm³/mol. The van der Waals surface area contributed by atoms with Crippen LogP contribution in [0.15, 0.2) is 4.99 Å². The first-order valence-corrected chi connectivity index (χ1v) is 9.54. The molecule has 1 amide bonds. The van der Waals surface area contributed by atoms with Gasteiger partial charge in [0.1, 0.15) is 6.54 Å². The van der Waals surface area contributed by atoms with E-state index in [1.165, 1.54) is 32.6 Å². The number of rotatable bonds is 8. The second-order valence-electron chi connectivity index (χ2n) is 7.77. The maximum Gasteiger partial charge on any atom is 0.242 e. The van der Waals surface area contributed by atoms with Crippen LogP contribution in [0.1, 0.15) is 40.5 Å². The third kappa shape index (κ3) is 11.0. The van der Waals surface area contributed by atoms with E-state index in [0.717, 1.165) is 26.1 Å². The van der Waals surface area contributed by atoms with Gasteiger partial charge in [0.05, 0.1) is 0 Å². The van der Waals surface area contributed by atoms with E-state index in [1.54, 1.807) is 0 Å². The molecule has 0 unspecified atom stereocenters. The molecule has 1 rings (SSSR count). The van der Waals surface area contributed by atoms with E-state index >= 15 is 0 Å². The minimum Gasteiger partial charge on any atom is -0.357 e. The van der Waals surface area contributed by atoms with Gasteiger partial charge in [-0.15, -0.1) is 0 Å². The average molecular weight is 355 g/mol. The van der Waals surface area contributed by atoms with Gasteiger partial charge in [-0.1, -0.05) is 0 Å². The first-order valence-electron chi connectivity index (χ1n) is 9.54. The summed E-state index contributed by atoms with van der Waals surface area (Å²) in [5, 5.41) is 9.43. The Morgan fingerprint density at radius 1 is 1.08 bits per heavy atom. The molecule has 0 aliphatic carbocycles. The van der Waals surface area contributed by atoms with Crippen molar-refractivity contribution >= 4 is 11.9 Å². The molecular weight excluding hydrogens is 316 g/mol. The summed E-state index contributed by atoms with van der Waals surface area (Å²) < 4.78 is 0. The van der Waals surface area contributed by atoms with Crippen LogP contribution in [-0.2, 0) is 4.79 Å². The summed E-state index contributed by atoms with van der Waals surface area (Å²) in [4.78, 5) is 21.1. The van der Waals surface area contributed by atoms with Gasteiger partial charge in [-0.2, -0.15) is 0 Å². The van der Waals surface area contributed by atoms with E-state index < -0.39 is 0 Å². The zero-order valence-electron chi connectivity index (χ0n) is 16.8. The molecule has 3 N–H and O–H groups in total. The maximum atomic E-state index is 11.9. The molecule has 0 aromatic carbocycles. The lowest BCUT2D eigenvalue weighted by molar-refractivity contribution is -0.121. The molecule has 7 heteroatoms. The van der Waals surface area contributed by atoms with Crippen molar-refractivity contribution in [2.45, 2.75) is 46.1 Å². The number of likely N-dealkylation sites (N-methyl/N-ethyl adjacent to an activating group) is 1. The fourth-order valence-electron chi connectivity index (χ4n) is 2.69. The van der Waals surface area contributed by atoms with Crippen molar-refractivity contribution in [3.63, 3.8) is 0 Å². The number of nitrogens with one attached hydrogen (secondary N) is 3. The zero-order valence-corrected chi connectivity index (χ0v) is 16.8. The highest BCUT2D eigenvalue weighted by Crippen LogP contribution is 2.01. The fourth-order valence-corrected chi connectivity index (χ4v) is 2.69. The van der Waals surface area contributed by atoms with Gasteiger partial charge in [0, 0.05) is 44.8 Å². The predicted octanol–water partition coefficient (Wildman–Crippen LogP) is 0.484. The molecule has 0 bridgehead atoms. The number of hydrogen-bond donors (Lipinski definition) is 3. The minimum absolute atomic E-state index is 0.0558. The van der Waals surface area contributed by atoms with Crippen molar-refractivity contribution in [3.8, 4) is 0 Å². The van der Waals surface area contributed by atoms with Gasteiger partial charge in [0.15, 0.2) is 5.96 Å². The van der Waals surface area contributed by atoms with Gasteiger partial charge in [-0.05, 0) is 54.1 Å². The molecular formula is C18H38N6O. The van der Waals surface area contributed by atoms with Crippen LogP contribution in [0.5, 0.6) is 0 Å². The van der Waals surface area contributed by atoms with Crippen molar-refractivity contribution < 1.29 is 4.79 Å². The molecule has 0 saturated carbocycles. The average Bonchev–Trinajstić information content (AvgIpc) is 2.52. The Morgan fingerprint density at radius 3 is 2.36 bits per heavy atom. The summed E-state index contributed by atoms with van der Waals surface area (Å²) in [5.74, 6) is 0.658. The molecule has 0 aromatic heterocycles. The van der Waals surface area contributed by atoms with E-state index in [9.17, 15) is 4.79 Å². The molecule has 0 atom stereocenters. The van der Waals surface area contributed by atoms with Crippen LogP contribution in [-0.4, -0.2) is 86.6 Å². The van der Waals surface area contributed by atoms with Gasteiger partial charge < -0.3 is 25.8 Å². The molecule has 7 nitrogen and oxygen atoms in total. The number of nitrogens with zero attached hydrogens (tertiary/aromatic N) is 3. The monoisotopic (exact) mass is 354 g/mol. The number of guanidine groups is 1. The highest BCUT2D eigenvalue weighted by molar-refractivity contribution is 5.85. The first-order chi connectivity index (χ1) is 11.8. The van der Waals surface area contributed by atoms with Crippen molar-refractivity contribution in [1.82, 2.24) is 25.8 Å². The van der Waals surface area contributed by atoms with Crippen molar-refractivity contribution in [1.29, 1.82) is 0 Å². The summed E-state index contributed by atoms with van der Waals surface area (Å²) in [7, 11) is 2.19. The molecule has 0 aromatic rings. The largest absolute Gasteiger partial charge is 0.357 e. The molecule has 1 aliphatic heterocycles. The van der Waals surface area contributed by atoms with Crippen LogP contribution in [0.2, 0.25) is 0 Å². The molecule has 1 fully saturated rings. The van der Waals surface area contributed by atoms with Gasteiger partial charge in [-0.25, -0.2) is 4.99 Å². The first kappa shape index (κ1) is 21.7. The van der Waals surface area contributed by atoms with Crippen LogP contribution in [0.4, 0.5) is 0 Å². The molecule has 1 heterocycles. The second kappa shape index (κ2) is 11.3. The van der Waals surface area contributed by atoms with Gasteiger partial charge in [0.25, 0.3) is 0 Å². The van der Waals surface area contributed by atoms with Crippen molar-refractivity contribution in [2.75, 3.05) is 59.4 Å². The molecule has 146 valence electrons. The summed E-state index contributed by atoms with van der Waals surface area (Å²) in [6, 6.07) is 0. The standard InChI is InChI=1S/C18H38N6O/c1-6-19-17(21-15-16(25)22-18(2,3)4)20-9-7-8-10-24-13-11-23(5)12-14-24/h6-15H2,1-5H3,(H,22,25)(H2,19,20,21). The summed E-state index contributed by atoms with van der Waals surface area (Å²) in [6.07, 6.45) is 2.28. The Morgan fingerprint density at radius 2 is 1.76 bits per heavy atom. The smallest absolute Gasteiger partial charge is 0.242 e. The molecule has 25 heavy (non-hydrogen) atoms. The van der Waals surface area contributed by atoms with Crippen LogP contribution < -0.4 is 16.0 Å². The van der Waals surface area contributed by atoms with Gasteiger partial charge in [0.2, 0.25) is 5.91 Å². The van der Waals surface area contributed by atoms with Crippen LogP contribution in [0, 0.1) is 0 Å². The Balaban J connectivity index is 2.21. The maximum absolute atomic E-state index is 11.9. The Hall–Kier alpha value is -1.34. The van der Waals surface area contributed by atoms with Gasteiger partial charge >= 0.3 is 0 Å². The number of piperazine rings is 1. The van der Waals surface area contributed by atoms with E-state index in [-0.39, 0.29) is 18.0 Å². The minimum atomic E-state index is -0.221. The normalized spacial score (nSPS) is 17.4. The Bertz CT molecular complexity index is 410. The molecule has 0 spiro atoms. The molecule has 1 saturated heterocycles. The zero-order chi connectivity index (χ0) is 18.7. The summed E-state index contributed by atoms with van der Waals surface area (Å²) >= 11 is 0. The molecule has 1 aliphatic rings. The number of amides is 1. The molecule has 0 radical (unpaired) electrons. The second-order valence-corrected chi connectivity index (χ2v) is 7.77. The third-order valence-corrected chi connectivity index (χ3v) is 4.03. The summed E-state index contributed by atoms with van der Waals surface area (Å²) in [6.45, 7) is 15.6. The lowest BCUT2D eigenvalue weighted by Gasteiger charge is -2.32. The van der Waals surface area contributed by atoms with Crippen molar-refractivity contribution in [2.24, 2.45) is 4.99 Å². The number of carbonyl (C=O) groups is 1. The van der Waals surface area contributed by atoms with E-state index in [2.05, 4.69) is 37.8 Å². The Kier molecular flexibility index (Phi) is 9.82. The highest BCUT2D eigenvalue weighted by atomic mass is 16.2. The van der Waals surface area contributed by atoms with Crippen LogP contribution in [0.3, 0.4) is 0 Å². The lowest BCUT2D eigenvalue weighted by Crippen LogP contribution is -2.45. The number of unbranched alkanes of at least 4 members (excludes halogenated alkanes) is 1. The SMILES string of the molecule is CCNC(=NCC(=O)NC(C)(C)C)NCCCCN1CCN(C)CC1. The van der Waals surface area contributed by atoms with Crippen LogP contribution in [0.25, 0.3) is 0 Å². The van der Waals surface area contributed by atoms with Gasteiger partial charge in [-0.3, -0.25) is 4.79 Å². The fraction of sp³-hybridized carbons (Fsp3) is 0.889. The lowest BCUT2D eigenvalue weighted by atomic mass is 10.1. The number of carbonyl (C=O) groups excluding carboxylic acids is 1. The topological polar surface area (TPSA) is 72.0 Å². The highest BCUT2D eigenvalue weighted by Gasteiger charge is 2.14. The van der Waals surface area contributed by atoms with Crippen molar-refractivity contribution in [3.05, 3.63) is 0 Å². The third-order valence-electron chi connectivity index (χ3n) is 4.03. The van der Waals surface area contributed by atoms with E-state index in [1.807, 2.05) is 27.7 Å².